The van der Waals surface area contributed by atoms with E-state index < -0.39 is 34.4 Å². The van der Waals surface area contributed by atoms with E-state index in [0.717, 1.165) is 5.56 Å². The summed E-state index contributed by atoms with van der Waals surface area (Å²) in [5.41, 5.74) is 1.85. The van der Waals surface area contributed by atoms with E-state index in [-0.39, 0.29) is 35.1 Å². The van der Waals surface area contributed by atoms with E-state index in [0.29, 0.717) is 5.69 Å². The Morgan fingerprint density at radius 2 is 1.60 bits per heavy atom. The van der Waals surface area contributed by atoms with Gasteiger partial charge in [-0.2, -0.15) is 8.42 Å². The number of para-hydroxylation sites is 1. The summed E-state index contributed by atoms with van der Waals surface area (Å²) in [5.74, 6) is -1.87. The lowest BCUT2D eigenvalue weighted by molar-refractivity contribution is -0.147. The SMILES string of the molecule is Cc1ccc(S(=O)(=O)Oc2ccc(C(=O)COC(=O)C3CC(=O)N(c4ccccc4)C3)cc2)cc1. The van der Waals surface area contributed by atoms with E-state index in [1.54, 1.807) is 36.4 Å². The molecule has 1 atom stereocenters. The van der Waals surface area contributed by atoms with Gasteiger partial charge in [-0.3, -0.25) is 14.4 Å². The van der Waals surface area contributed by atoms with Crippen molar-refractivity contribution in [3.05, 3.63) is 90.0 Å². The summed E-state index contributed by atoms with van der Waals surface area (Å²) in [6.07, 6.45) is 0.0173. The van der Waals surface area contributed by atoms with Gasteiger partial charge in [0, 0.05) is 24.2 Å². The van der Waals surface area contributed by atoms with Crippen LogP contribution >= 0.6 is 0 Å². The van der Waals surface area contributed by atoms with Crippen molar-refractivity contribution in [2.24, 2.45) is 5.92 Å². The Kier molecular flexibility index (Phi) is 6.97. The van der Waals surface area contributed by atoms with Crippen LogP contribution in [-0.4, -0.2) is 39.2 Å². The van der Waals surface area contributed by atoms with Crippen molar-refractivity contribution in [2.45, 2.75) is 18.2 Å². The largest absolute Gasteiger partial charge is 0.457 e. The Hall–Kier alpha value is -3.98. The first-order chi connectivity index (χ1) is 16.7. The second kappa shape index (κ2) is 10.1. The monoisotopic (exact) mass is 493 g/mol. The number of hydrogen-bond acceptors (Lipinski definition) is 7. The van der Waals surface area contributed by atoms with Crippen molar-refractivity contribution >= 4 is 33.5 Å². The van der Waals surface area contributed by atoms with Crippen LogP contribution in [-0.2, 0) is 24.4 Å². The first-order valence-electron chi connectivity index (χ1n) is 10.9. The first kappa shape index (κ1) is 24.2. The van der Waals surface area contributed by atoms with Gasteiger partial charge in [-0.15, -0.1) is 0 Å². The zero-order valence-corrected chi connectivity index (χ0v) is 19.7. The van der Waals surface area contributed by atoms with Crippen LogP contribution in [0.2, 0.25) is 0 Å². The predicted octanol–water partition coefficient (Wildman–Crippen LogP) is 3.54. The zero-order valence-electron chi connectivity index (χ0n) is 18.9. The third-order valence-electron chi connectivity index (χ3n) is 5.56. The standard InChI is InChI=1S/C26H23NO7S/c1-18-7-13-23(14-8-18)35(31,32)34-22-11-9-19(10-12-22)24(28)17-33-26(30)20-15-25(29)27(16-20)21-5-3-2-4-6-21/h2-14,20H,15-17H2,1H3. The molecule has 1 aliphatic rings. The number of ketones is 1. The summed E-state index contributed by atoms with van der Waals surface area (Å²) in [7, 11) is -4.01. The summed E-state index contributed by atoms with van der Waals surface area (Å²) < 4.78 is 35.1. The number of carbonyl (C=O) groups is 3. The number of benzene rings is 3. The van der Waals surface area contributed by atoms with E-state index in [9.17, 15) is 22.8 Å². The maximum Gasteiger partial charge on any atom is 0.339 e. The maximum absolute atomic E-state index is 12.5. The number of ether oxygens (including phenoxy) is 1. The van der Waals surface area contributed by atoms with Gasteiger partial charge >= 0.3 is 16.1 Å². The third-order valence-corrected chi connectivity index (χ3v) is 6.83. The van der Waals surface area contributed by atoms with Gasteiger partial charge in [0.05, 0.1) is 5.92 Å². The van der Waals surface area contributed by atoms with Crippen molar-refractivity contribution in [1.29, 1.82) is 0 Å². The second-order valence-electron chi connectivity index (χ2n) is 8.15. The van der Waals surface area contributed by atoms with Gasteiger partial charge in [-0.1, -0.05) is 35.9 Å². The summed E-state index contributed by atoms with van der Waals surface area (Å²) in [5, 5.41) is 0. The fourth-order valence-electron chi connectivity index (χ4n) is 3.64. The van der Waals surface area contributed by atoms with Gasteiger partial charge in [0.1, 0.15) is 10.6 Å². The van der Waals surface area contributed by atoms with Crippen LogP contribution < -0.4 is 9.08 Å². The summed E-state index contributed by atoms with van der Waals surface area (Å²) >= 11 is 0. The van der Waals surface area contributed by atoms with Crippen LogP contribution in [0.1, 0.15) is 22.3 Å². The molecule has 1 aliphatic heterocycles. The normalized spacial score (nSPS) is 15.6. The molecule has 0 radical (unpaired) electrons. The van der Waals surface area contributed by atoms with E-state index in [1.165, 1.54) is 41.3 Å². The molecule has 35 heavy (non-hydrogen) atoms. The second-order valence-corrected chi connectivity index (χ2v) is 9.69. The average Bonchev–Trinajstić information content (AvgIpc) is 3.25. The topological polar surface area (TPSA) is 107 Å². The Labute approximate surface area is 203 Å². The number of anilines is 1. The van der Waals surface area contributed by atoms with Crippen LogP contribution in [0.25, 0.3) is 0 Å². The molecule has 3 aromatic rings. The van der Waals surface area contributed by atoms with Crippen molar-refractivity contribution in [3.8, 4) is 5.75 Å². The molecule has 3 aromatic carbocycles. The van der Waals surface area contributed by atoms with Crippen LogP contribution in [0.3, 0.4) is 0 Å². The zero-order chi connectivity index (χ0) is 25.0. The van der Waals surface area contributed by atoms with Gasteiger partial charge < -0.3 is 13.8 Å². The highest BCUT2D eigenvalue weighted by Gasteiger charge is 2.36. The van der Waals surface area contributed by atoms with Gasteiger partial charge in [-0.05, 0) is 55.5 Å². The molecule has 1 unspecified atom stereocenters. The average molecular weight is 494 g/mol. The molecule has 1 heterocycles. The Bertz CT molecular complexity index is 1330. The fraction of sp³-hybridized carbons (Fsp3) is 0.192. The number of nitrogens with zero attached hydrogens (tertiary/aromatic N) is 1. The summed E-state index contributed by atoms with van der Waals surface area (Å²) in [4.78, 5) is 38.7. The van der Waals surface area contributed by atoms with Crippen molar-refractivity contribution < 1.29 is 31.7 Å². The van der Waals surface area contributed by atoms with Crippen molar-refractivity contribution in [3.63, 3.8) is 0 Å². The number of carbonyl (C=O) groups excluding carboxylic acids is 3. The highest BCUT2D eigenvalue weighted by Crippen LogP contribution is 2.26. The maximum atomic E-state index is 12.5. The molecule has 0 saturated carbocycles. The molecule has 0 bridgehead atoms. The minimum Gasteiger partial charge on any atom is -0.457 e. The lowest BCUT2D eigenvalue weighted by atomic mass is 10.1. The van der Waals surface area contributed by atoms with E-state index in [2.05, 4.69) is 0 Å². The fourth-order valence-corrected chi connectivity index (χ4v) is 4.57. The summed E-state index contributed by atoms with van der Waals surface area (Å²) in [6.45, 7) is 1.55. The highest BCUT2D eigenvalue weighted by molar-refractivity contribution is 7.87. The van der Waals surface area contributed by atoms with Crippen molar-refractivity contribution in [1.82, 2.24) is 0 Å². The molecule has 1 amide bonds. The van der Waals surface area contributed by atoms with Crippen LogP contribution in [0.5, 0.6) is 5.75 Å². The van der Waals surface area contributed by atoms with Crippen LogP contribution in [0.15, 0.2) is 83.8 Å². The molecule has 4 rings (SSSR count). The quantitative estimate of drug-likeness (QED) is 0.268. The third kappa shape index (κ3) is 5.75. The van der Waals surface area contributed by atoms with Crippen LogP contribution in [0, 0.1) is 12.8 Å². The molecule has 0 aliphatic carbocycles. The molecule has 180 valence electrons. The number of hydrogen-bond donors (Lipinski definition) is 0. The smallest absolute Gasteiger partial charge is 0.339 e. The van der Waals surface area contributed by atoms with Gasteiger partial charge in [-0.25, -0.2) is 0 Å². The molecule has 1 fully saturated rings. The van der Waals surface area contributed by atoms with Gasteiger partial charge in [0.15, 0.2) is 12.4 Å². The van der Waals surface area contributed by atoms with Crippen LogP contribution in [0.4, 0.5) is 5.69 Å². The molecule has 9 heteroatoms. The number of amides is 1. The van der Waals surface area contributed by atoms with E-state index in [1.807, 2.05) is 13.0 Å². The van der Waals surface area contributed by atoms with Gasteiger partial charge in [0.25, 0.3) is 0 Å². The molecule has 0 spiro atoms. The lowest BCUT2D eigenvalue weighted by Crippen LogP contribution is -2.27. The lowest BCUT2D eigenvalue weighted by Gasteiger charge is -2.16. The number of Topliss-reactive ketones (excluding diaryl/α,β-unsaturated/α-hetero) is 1. The molecule has 1 saturated heterocycles. The minimum absolute atomic E-state index is 0.0173. The van der Waals surface area contributed by atoms with Gasteiger partial charge in [0.2, 0.25) is 5.91 Å². The Morgan fingerprint density at radius 3 is 2.26 bits per heavy atom. The Morgan fingerprint density at radius 1 is 0.943 bits per heavy atom. The predicted molar refractivity (Wildman–Crippen MR) is 128 cm³/mol. The first-order valence-corrected chi connectivity index (χ1v) is 12.3. The van der Waals surface area contributed by atoms with E-state index >= 15 is 0 Å². The highest BCUT2D eigenvalue weighted by atomic mass is 32.2. The number of aryl methyl sites for hydroxylation is 1. The molecular formula is C26H23NO7S. The summed E-state index contributed by atoms with van der Waals surface area (Å²) in [6, 6.07) is 20.8. The molecule has 0 aromatic heterocycles. The molecule has 0 N–H and O–H groups in total. The van der Waals surface area contributed by atoms with E-state index in [4.69, 9.17) is 8.92 Å². The van der Waals surface area contributed by atoms with Crippen molar-refractivity contribution in [2.75, 3.05) is 18.1 Å². The number of esters is 1. The minimum atomic E-state index is -4.01. The number of rotatable bonds is 8. The molecular weight excluding hydrogens is 470 g/mol. The molecule has 8 nitrogen and oxygen atoms in total. The Balaban J connectivity index is 1.31.